The summed E-state index contributed by atoms with van der Waals surface area (Å²) < 4.78 is 17.1. The molecule has 0 aliphatic carbocycles. The minimum absolute atomic E-state index is 0.0260. The SMILES string of the molecule is CCNC(C)c1nnc(C2COc3ccccc3O2)o1. The minimum atomic E-state index is -0.361. The number of hydrogen-bond donors (Lipinski definition) is 1. The van der Waals surface area contributed by atoms with Crippen molar-refractivity contribution in [1.82, 2.24) is 15.5 Å². The highest BCUT2D eigenvalue weighted by atomic mass is 16.6. The second kappa shape index (κ2) is 5.50. The number of aromatic nitrogens is 2. The van der Waals surface area contributed by atoms with E-state index in [1.54, 1.807) is 0 Å². The van der Waals surface area contributed by atoms with Crippen molar-refractivity contribution in [3.63, 3.8) is 0 Å². The molecule has 3 rings (SSSR count). The summed E-state index contributed by atoms with van der Waals surface area (Å²) in [4.78, 5) is 0. The first-order valence-corrected chi connectivity index (χ1v) is 6.73. The summed E-state index contributed by atoms with van der Waals surface area (Å²) in [6.07, 6.45) is -0.361. The third kappa shape index (κ3) is 2.46. The number of rotatable bonds is 4. The average Bonchev–Trinajstić information content (AvgIpc) is 2.97. The van der Waals surface area contributed by atoms with Gasteiger partial charge in [0.2, 0.25) is 12.0 Å². The minimum Gasteiger partial charge on any atom is -0.485 e. The summed E-state index contributed by atoms with van der Waals surface area (Å²) >= 11 is 0. The van der Waals surface area contributed by atoms with Crippen LogP contribution in [0, 0.1) is 0 Å². The predicted molar refractivity (Wildman–Crippen MR) is 71.7 cm³/mol. The molecule has 1 aromatic carbocycles. The van der Waals surface area contributed by atoms with E-state index in [9.17, 15) is 0 Å². The van der Waals surface area contributed by atoms with Gasteiger partial charge < -0.3 is 19.2 Å². The molecular formula is C14H17N3O3. The average molecular weight is 275 g/mol. The van der Waals surface area contributed by atoms with Crippen molar-refractivity contribution in [2.45, 2.75) is 26.0 Å². The summed E-state index contributed by atoms with van der Waals surface area (Å²) in [5.74, 6) is 2.44. The summed E-state index contributed by atoms with van der Waals surface area (Å²) in [5.41, 5.74) is 0. The van der Waals surface area contributed by atoms with Crippen LogP contribution in [0.5, 0.6) is 11.5 Å². The number of hydrogen-bond acceptors (Lipinski definition) is 6. The topological polar surface area (TPSA) is 69.4 Å². The van der Waals surface area contributed by atoms with Gasteiger partial charge in [-0.15, -0.1) is 10.2 Å². The van der Waals surface area contributed by atoms with Crippen LogP contribution in [0.25, 0.3) is 0 Å². The van der Waals surface area contributed by atoms with Crippen LogP contribution in [0.2, 0.25) is 0 Å². The fourth-order valence-corrected chi connectivity index (χ4v) is 2.09. The van der Waals surface area contributed by atoms with Crippen LogP contribution in [0.4, 0.5) is 0 Å². The Morgan fingerprint density at radius 3 is 2.90 bits per heavy atom. The van der Waals surface area contributed by atoms with E-state index < -0.39 is 0 Å². The van der Waals surface area contributed by atoms with E-state index in [1.807, 2.05) is 38.1 Å². The maximum atomic E-state index is 5.83. The molecule has 20 heavy (non-hydrogen) atoms. The molecule has 2 unspecified atom stereocenters. The van der Waals surface area contributed by atoms with Crippen molar-refractivity contribution in [2.24, 2.45) is 0 Å². The van der Waals surface area contributed by atoms with Crippen molar-refractivity contribution in [2.75, 3.05) is 13.2 Å². The maximum Gasteiger partial charge on any atom is 0.260 e. The zero-order valence-corrected chi connectivity index (χ0v) is 11.5. The van der Waals surface area contributed by atoms with Gasteiger partial charge in [0, 0.05) is 0 Å². The molecule has 2 heterocycles. The molecule has 0 saturated carbocycles. The molecule has 1 aromatic heterocycles. The normalized spacial score (nSPS) is 18.8. The zero-order chi connectivity index (χ0) is 13.9. The summed E-state index contributed by atoms with van der Waals surface area (Å²) in [7, 11) is 0. The number of benzene rings is 1. The molecule has 6 nitrogen and oxygen atoms in total. The number of ether oxygens (including phenoxy) is 2. The Balaban J connectivity index is 1.75. The van der Waals surface area contributed by atoms with Crippen LogP contribution >= 0.6 is 0 Å². The number of nitrogens with one attached hydrogen (secondary N) is 1. The van der Waals surface area contributed by atoms with Crippen LogP contribution in [0.1, 0.15) is 37.8 Å². The molecule has 2 aromatic rings. The first-order chi connectivity index (χ1) is 9.78. The largest absolute Gasteiger partial charge is 0.485 e. The highest BCUT2D eigenvalue weighted by Crippen LogP contribution is 2.35. The van der Waals surface area contributed by atoms with Crippen LogP contribution in [0.15, 0.2) is 28.7 Å². The summed E-state index contributed by atoms with van der Waals surface area (Å²) in [5, 5.41) is 11.3. The first-order valence-electron chi connectivity index (χ1n) is 6.73. The lowest BCUT2D eigenvalue weighted by molar-refractivity contribution is 0.0699. The Kier molecular flexibility index (Phi) is 3.56. The molecule has 0 amide bonds. The molecular weight excluding hydrogens is 258 g/mol. The molecule has 2 atom stereocenters. The van der Waals surface area contributed by atoms with Crippen molar-refractivity contribution >= 4 is 0 Å². The van der Waals surface area contributed by atoms with Crippen LogP contribution < -0.4 is 14.8 Å². The highest BCUT2D eigenvalue weighted by Gasteiger charge is 2.27. The number of para-hydroxylation sites is 2. The third-order valence-electron chi connectivity index (χ3n) is 3.12. The molecule has 0 spiro atoms. The Morgan fingerprint density at radius 2 is 2.10 bits per heavy atom. The third-order valence-corrected chi connectivity index (χ3v) is 3.12. The second-order valence-corrected chi connectivity index (χ2v) is 4.62. The molecule has 0 bridgehead atoms. The van der Waals surface area contributed by atoms with Gasteiger partial charge >= 0.3 is 0 Å². The number of fused-ring (bicyclic) bond motifs is 1. The fraction of sp³-hybridized carbons (Fsp3) is 0.429. The lowest BCUT2D eigenvalue weighted by atomic mass is 10.2. The predicted octanol–water partition coefficient (Wildman–Crippen LogP) is 2.25. The maximum absolute atomic E-state index is 5.83. The first kappa shape index (κ1) is 12.9. The Morgan fingerprint density at radius 1 is 1.30 bits per heavy atom. The molecule has 0 radical (unpaired) electrons. The van der Waals surface area contributed by atoms with Gasteiger partial charge in [-0.1, -0.05) is 19.1 Å². The molecule has 106 valence electrons. The standard InChI is InChI=1S/C14H17N3O3/c1-3-15-9(2)13-16-17-14(20-13)12-8-18-10-6-4-5-7-11(10)19-12/h4-7,9,12,15H,3,8H2,1-2H3. The van der Waals surface area contributed by atoms with Crippen molar-refractivity contribution in [3.8, 4) is 11.5 Å². The molecule has 0 fully saturated rings. The smallest absolute Gasteiger partial charge is 0.260 e. The van der Waals surface area contributed by atoms with E-state index in [-0.39, 0.29) is 12.1 Å². The van der Waals surface area contributed by atoms with Crippen molar-refractivity contribution in [3.05, 3.63) is 36.0 Å². The van der Waals surface area contributed by atoms with E-state index in [2.05, 4.69) is 15.5 Å². The Labute approximate surface area is 117 Å². The van der Waals surface area contributed by atoms with Gasteiger partial charge in [-0.25, -0.2) is 0 Å². The molecule has 1 aliphatic rings. The lowest BCUT2D eigenvalue weighted by Crippen LogP contribution is -2.21. The van der Waals surface area contributed by atoms with E-state index in [4.69, 9.17) is 13.9 Å². The van der Waals surface area contributed by atoms with Gasteiger partial charge in [-0.2, -0.15) is 0 Å². The van der Waals surface area contributed by atoms with Crippen molar-refractivity contribution < 1.29 is 13.9 Å². The van der Waals surface area contributed by atoms with Crippen LogP contribution in [0.3, 0.4) is 0 Å². The van der Waals surface area contributed by atoms with E-state index in [0.29, 0.717) is 24.1 Å². The fourth-order valence-electron chi connectivity index (χ4n) is 2.09. The molecule has 1 N–H and O–H groups in total. The van der Waals surface area contributed by atoms with E-state index >= 15 is 0 Å². The second-order valence-electron chi connectivity index (χ2n) is 4.62. The Hall–Kier alpha value is -2.08. The van der Waals surface area contributed by atoms with E-state index in [0.717, 1.165) is 12.3 Å². The summed E-state index contributed by atoms with van der Waals surface area (Å²) in [6, 6.07) is 7.57. The summed E-state index contributed by atoms with van der Waals surface area (Å²) in [6.45, 7) is 5.22. The quantitative estimate of drug-likeness (QED) is 0.923. The van der Waals surface area contributed by atoms with Gasteiger partial charge in [-0.3, -0.25) is 0 Å². The monoisotopic (exact) mass is 275 g/mol. The zero-order valence-electron chi connectivity index (χ0n) is 11.5. The Bertz CT molecular complexity index is 585. The van der Waals surface area contributed by atoms with Gasteiger partial charge in [0.25, 0.3) is 5.89 Å². The number of nitrogens with zero attached hydrogens (tertiary/aromatic N) is 2. The molecule has 1 aliphatic heterocycles. The van der Waals surface area contributed by atoms with Gasteiger partial charge in [0.1, 0.15) is 6.61 Å². The van der Waals surface area contributed by atoms with Crippen LogP contribution in [-0.2, 0) is 0 Å². The van der Waals surface area contributed by atoms with E-state index in [1.165, 1.54) is 0 Å². The molecule has 6 heteroatoms. The van der Waals surface area contributed by atoms with Crippen LogP contribution in [-0.4, -0.2) is 23.3 Å². The van der Waals surface area contributed by atoms with Gasteiger partial charge in [-0.05, 0) is 25.6 Å². The molecule has 0 saturated heterocycles. The van der Waals surface area contributed by atoms with Crippen molar-refractivity contribution in [1.29, 1.82) is 0 Å². The highest BCUT2D eigenvalue weighted by molar-refractivity contribution is 5.40. The van der Waals surface area contributed by atoms with Gasteiger partial charge in [0.15, 0.2) is 11.5 Å². The lowest BCUT2D eigenvalue weighted by Gasteiger charge is -2.23. The van der Waals surface area contributed by atoms with Gasteiger partial charge in [0.05, 0.1) is 6.04 Å².